The molecule has 1 N–H and O–H groups in total. The molecular formula is C14H19Cl2NO. The number of halogens is 2. The lowest BCUT2D eigenvalue weighted by atomic mass is 9.89. The summed E-state index contributed by atoms with van der Waals surface area (Å²) in [7, 11) is 0. The van der Waals surface area contributed by atoms with Crippen molar-refractivity contribution in [2.45, 2.75) is 25.8 Å². The Bertz CT molecular complexity index is 395. The molecule has 2 nitrogen and oxygen atoms in total. The Hall–Kier alpha value is -0.280. The molecule has 0 bridgehead atoms. The Labute approximate surface area is 119 Å². The summed E-state index contributed by atoms with van der Waals surface area (Å²) in [6, 6.07) is 6.25. The smallest absolute Gasteiger partial charge is 0.0512 e. The van der Waals surface area contributed by atoms with Gasteiger partial charge in [-0.2, -0.15) is 0 Å². The van der Waals surface area contributed by atoms with E-state index in [0.717, 1.165) is 43.2 Å². The van der Waals surface area contributed by atoms with Crippen molar-refractivity contribution < 1.29 is 4.74 Å². The van der Waals surface area contributed by atoms with E-state index in [1.165, 1.54) is 0 Å². The molecule has 0 aromatic heterocycles. The van der Waals surface area contributed by atoms with Gasteiger partial charge in [-0.1, -0.05) is 36.2 Å². The van der Waals surface area contributed by atoms with Gasteiger partial charge in [-0.15, -0.1) is 0 Å². The Morgan fingerprint density at radius 3 is 2.94 bits per heavy atom. The van der Waals surface area contributed by atoms with Gasteiger partial charge in [-0.25, -0.2) is 0 Å². The molecule has 2 unspecified atom stereocenters. The lowest BCUT2D eigenvalue weighted by Gasteiger charge is -2.32. The first-order valence-electron chi connectivity index (χ1n) is 6.45. The van der Waals surface area contributed by atoms with Crippen LogP contribution in [0.3, 0.4) is 0 Å². The molecule has 0 amide bonds. The fourth-order valence-electron chi connectivity index (χ4n) is 2.50. The number of hydrogen-bond acceptors (Lipinski definition) is 2. The third kappa shape index (κ3) is 3.61. The number of nitrogens with one attached hydrogen (secondary N) is 1. The van der Waals surface area contributed by atoms with Crippen molar-refractivity contribution >= 4 is 23.2 Å². The molecule has 1 aromatic carbocycles. The van der Waals surface area contributed by atoms with Crippen LogP contribution in [-0.4, -0.2) is 25.8 Å². The van der Waals surface area contributed by atoms with Crippen LogP contribution in [0.1, 0.15) is 18.9 Å². The highest BCUT2D eigenvalue weighted by atomic mass is 35.5. The lowest BCUT2D eigenvalue weighted by molar-refractivity contribution is 0.0327. The van der Waals surface area contributed by atoms with E-state index in [1.54, 1.807) is 0 Å². The van der Waals surface area contributed by atoms with E-state index in [-0.39, 0.29) is 0 Å². The summed E-state index contributed by atoms with van der Waals surface area (Å²) < 4.78 is 5.59. The molecule has 1 aliphatic rings. The Morgan fingerprint density at radius 1 is 1.39 bits per heavy atom. The van der Waals surface area contributed by atoms with Gasteiger partial charge in [0.25, 0.3) is 0 Å². The summed E-state index contributed by atoms with van der Waals surface area (Å²) >= 11 is 12.1. The van der Waals surface area contributed by atoms with Crippen LogP contribution in [0.2, 0.25) is 10.0 Å². The molecule has 4 heteroatoms. The minimum atomic E-state index is 0.484. The highest BCUT2D eigenvalue weighted by Gasteiger charge is 2.25. The Kier molecular flexibility index (Phi) is 5.31. The van der Waals surface area contributed by atoms with E-state index in [1.807, 2.05) is 18.2 Å². The topological polar surface area (TPSA) is 21.3 Å². The third-order valence-corrected chi connectivity index (χ3v) is 4.02. The molecule has 2 atom stereocenters. The second kappa shape index (κ2) is 6.76. The van der Waals surface area contributed by atoms with Crippen molar-refractivity contribution in [2.75, 3.05) is 19.8 Å². The van der Waals surface area contributed by atoms with Crippen molar-refractivity contribution in [2.24, 2.45) is 5.92 Å². The molecule has 1 aromatic rings. The molecule has 1 fully saturated rings. The molecule has 1 aliphatic heterocycles. The molecule has 18 heavy (non-hydrogen) atoms. The van der Waals surface area contributed by atoms with Crippen LogP contribution in [0.4, 0.5) is 0 Å². The summed E-state index contributed by atoms with van der Waals surface area (Å²) in [5.74, 6) is 0.484. The van der Waals surface area contributed by atoms with Crippen molar-refractivity contribution in [3.05, 3.63) is 33.8 Å². The molecule has 0 saturated carbocycles. The Balaban J connectivity index is 2.06. The summed E-state index contributed by atoms with van der Waals surface area (Å²) in [4.78, 5) is 0. The zero-order valence-electron chi connectivity index (χ0n) is 10.6. The lowest BCUT2D eigenvalue weighted by Crippen LogP contribution is -2.43. The van der Waals surface area contributed by atoms with Gasteiger partial charge in [0.2, 0.25) is 0 Å². The zero-order valence-corrected chi connectivity index (χ0v) is 12.1. The van der Waals surface area contributed by atoms with Crippen molar-refractivity contribution in [3.8, 4) is 0 Å². The van der Waals surface area contributed by atoms with Gasteiger partial charge >= 0.3 is 0 Å². The maximum atomic E-state index is 6.23. The first-order valence-corrected chi connectivity index (χ1v) is 7.21. The van der Waals surface area contributed by atoms with E-state index in [4.69, 9.17) is 27.9 Å². The maximum Gasteiger partial charge on any atom is 0.0512 e. The molecule has 0 aliphatic carbocycles. The number of ether oxygens (including phenoxy) is 1. The number of benzene rings is 1. The van der Waals surface area contributed by atoms with Gasteiger partial charge in [0.15, 0.2) is 0 Å². The molecule has 2 rings (SSSR count). The van der Waals surface area contributed by atoms with Crippen molar-refractivity contribution in [1.82, 2.24) is 5.32 Å². The molecule has 100 valence electrons. The van der Waals surface area contributed by atoms with Gasteiger partial charge < -0.3 is 10.1 Å². The standard InChI is InChI=1S/C14H19Cl2NO/c1-2-17-14-5-6-18-9-11(14)7-10-3-4-12(15)8-13(10)16/h3-4,8,11,14,17H,2,5-7,9H2,1H3. The predicted octanol–water partition coefficient (Wildman–Crippen LogP) is 3.55. The van der Waals surface area contributed by atoms with Crippen LogP contribution in [0.15, 0.2) is 18.2 Å². The summed E-state index contributed by atoms with van der Waals surface area (Å²) in [6.07, 6.45) is 2.01. The molecule has 1 heterocycles. The SMILES string of the molecule is CCNC1CCOCC1Cc1ccc(Cl)cc1Cl. The van der Waals surface area contributed by atoms with Crippen LogP contribution in [-0.2, 0) is 11.2 Å². The fraction of sp³-hybridized carbons (Fsp3) is 0.571. The Morgan fingerprint density at radius 2 is 2.22 bits per heavy atom. The van der Waals surface area contributed by atoms with Crippen LogP contribution in [0, 0.1) is 5.92 Å². The molecule has 1 saturated heterocycles. The average molecular weight is 288 g/mol. The van der Waals surface area contributed by atoms with Gasteiger partial charge in [0, 0.05) is 28.6 Å². The van der Waals surface area contributed by atoms with Gasteiger partial charge in [-0.3, -0.25) is 0 Å². The van der Waals surface area contributed by atoms with Crippen molar-refractivity contribution in [3.63, 3.8) is 0 Å². The summed E-state index contributed by atoms with van der Waals surface area (Å²) in [5.41, 5.74) is 1.15. The fourth-order valence-corrected chi connectivity index (χ4v) is 2.98. The van der Waals surface area contributed by atoms with Gasteiger partial charge in [0.05, 0.1) is 6.61 Å². The van der Waals surface area contributed by atoms with Crippen molar-refractivity contribution in [1.29, 1.82) is 0 Å². The average Bonchev–Trinajstić information content (AvgIpc) is 2.35. The van der Waals surface area contributed by atoms with Crippen LogP contribution in [0.25, 0.3) is 0 Å². The molecular weight excluding hydrogens is 269 g/mol. The molecule has 0 radical (unpaired) electrons. The monoisotopic (exact) mass is 287 g/mol. The predicted molar refractivity (Wildman–Crippen MR) is 76.6 cm³/mol. The van der Waals surface area contributed by atoms with E-state index >= 15 is 0 Å². The highest BCUT2D eigenvalue weighted by Crippen LogP contribution is 2.26. The van der Waals surface area contributed by atoms with Gasteiger partial charge in [-0.05, 0) is 37.1 Å². The van der Waals surface area contributed by atoms with Crippen LogP contribution in [0.5, 0.6) is 0 Å². The highest BCUT2D eigenvalue weighted by molar-refractivity contribution is 6.35. The first-order chi connectivity index (χ1) is 8.70. The van der Waals surface area contributed by atoms with Crippen LogP contribution < -0.4 is 5.32 Å². The first kappa shape index (κ1) is 14.1. The van der Waals surface area contributed by atoms with E-state index in [9.17, 15) is 0 Å². The minimum absolute atomic E-state index is 0.484. The van der Waals surface area contributed by atoms with E-state index < -0.39 is 0 Å². The quantitative estimate of drug-likeness (QED) is 0.914. The second-order valence-electron chi connectivity index (χ2n) is 4.73. The zero-order chi connectivity index (χ0) is 13.0. The number of rotatable bonds is 4. The molecule has 0 spiro atoms. The maximum absolute atomic E-state index is 6.23. The van der Waals surface area contributed by atoms with E-state index in [0.29, 0.717) is 17.0 Å². The largest absolute Gasteiger partial charge is 0.381 e. The van der Waals surface area contributed by atoms with Crippen LogP contribution >= 0.6 is 23.2 Å². The normalized spacial score (nSPS) is 24.2. The number of hydrogen-bond donors (Lipinski definition) is 1. The summed E-state index contributed by atoms with van der Waals surface area (Å²) in [6.45, 7) is 4.79. The second-order valence-corrected chi connectivity index (χ2v) is 5.57. The van der Waals surface area contributed by atoms with E-state index in [2.05, 4.69) is 12.2 Å². The minimum Gasteiger partial charge on any atom is -0.381 e. The van der Waals surface area contributed by atoms with Gasteiger partial charge in [0.1, 0.15) is 0 Å². The summed E-state index contributed by atoms with van der Waals surface area (Å²) in [5, 5.41) is 4.98. The third-order valence-electron chi connectivity index (χ3n) is 3.44.